The molecule has 1 aromatic rings. The molecule has 0 spiro atoms. The molecule has 0 aromatic carbocycles. The van der Waals surface area contributed by atoms with Crippen LogP contribution in [0.2, 0.25) is 0 Å². The topological polar surface area (TPSA) is 102 Å². The van der Waals surface area contributed by atoms with Gasteiger partial charge in [0.2, 0.25) is 5.89 Å². The van der Waals surface area contributed by atoms with Crippen molar-refractivity contribution >= 4 is 5.97 Å². The summed E-state index contributed by atoms with van der Waals surface area (Å²) < 4.78 is 4.77. The first-order valence-corrected chi connectivity index (χ1v) is 3.49. The van der Waals surface area contributed by atoms with Crippen molar-refractivity contribution < 1.29 is 14.3 Å². The van der Waals surface area contributed by atoms with Crippen LogP contribution in [-0.2, 0) is 6.42 Å². The molecule has 6 nitrogen and oxygen atoms in total. The van der Waals surface area contributed by atoms with Crippen LogP contribution < -0.4 is 5.73 Å². The molecule has 0 unspecified atom stereocenters. The molecule has 0 fully saturated rings. The summed E-state index contributed by atoms with van der Waals surface area (Å²) in [4.78, 5) is 10.3. The Morgan fingerprint density at radius 3 is 2.83 bits per heavy atom. The van der Waals surface area contributed by atoms with E-state index < -0.39 is 5.97 Å². The highest BCUT2D eigenvalue weighted by Gasteiger charge is 2.11. The van der Waals surface area contributed by atoms with E-state index in [0.717, 1.165) is 0 Å². The smallest absolute Gasteiger partial charge is 0.393 e. The Bertz CT molecular complexity index is 271. The van der Waals surface area contributed by atoms with Gasteiger partial charge in [0.25, 0.3) is 0 Å². The molecule has 3 N–H and O–H groups in total. The predicted molar refractivity (Wildman–Crippen MR) is 38.6 cm³/mol. The quantitative estimate of drug-likeness (QED) is 0.642. The molecule has 0 aliphatic heterocycles. The molecule has 0 saturated heterocycles. The lowest BCUT2D eigenvalue weighted by Gasteiger charge is -1.88. The normalized spacial score (nSPS) is 10.1. The largest absolute Gasteiger partial charge is 0.474 e. The number of nitrogens with zero attached hydrogens (tertiary/aromatic N) is 2. The maximum absolute atomic E-state index is 10.3. The molecule has 0 radical (unpaired) electrons. The van der Waals surface area contributed by atoms with Crippen LogP contribution in [0, 0.1) is 0 Å². The maximum atomic E-state index is 10.3. The first-order chi connectivity index (χ1) is 5.74. The number of hydrogen-bond acceptors (Lipinski definition) is 5. The fraction of sp³-hybridized carbons (Fsp3) is 0.500. The second kappa shape index (κ2) is 3.82. The summed E-state index contributed by atoms with van der Waals surface area (Å²) in [6, 6.07) is 0. The third kappa shape index (κ3) is 2.03. The summed E-state index contributed by atoms with van der Waals surface area (Å²) in [5.41, 5.74) is 5.24. The first-order valence-electron chi connectivity index (χ1n) is 3.49. The van der Waals surface area contributed by atoms with Gasteiger partial charge in [0, 0.05) is 6.42 Å². The molecule has 66 valence electrons. The van der Waals surface area contributed by atoms with Gasteiger partial charge in [-0.05, 0) is 13.0 Å². The fourth-order valence-electron chi connectivity index (χ4n) is 0.694. The molecule has 12 heavy (non-hydrogen) atoms. The molecule has 0 amide bonds. The van der Waals surface area contributed by atoms with E-state index in [1.165, 1.54) is 0 Å². The van der Waals surface area contributed by atoms with Crippen molar-refractivity contribution in [3.8, 4) is 0 Å². The lowest BCUT2D eigenvalue weighted by atomic mass is 10.3. The minimum atomic E-state index is -1.21. The van der Waals surface area contributed by atoms with E-state index in [2.05, 4.69) is 10.2 Å². The van der Waals surface area contributed by atoms with Crippen LogP contribution in [0.5, 0.6) is 0 Å². The molecule has 0 saturated carbocycles. The molecular formula is C6H9N3O3. The van der Waals surface area contributed by atoms with Crippen LogP contribution in [0.3, 0.4) is 0 Å². The average molecular weight is 171 g/mol. The summed E-state index contributed by atoms with van der Waals surface area (Å²) in [5, 5.41) is 15.2. The molecule has 0 atom stereocenters. The number of carboxylic acids is 1. The first kappa shape index (κ1) is 8.66. The van der Waals surface area contributed by atoms with Crippen LogP contribution in [0.4, 0.5) is 0 Å². The minimum absolute atomic E-state index is 0.317. The van der Waals surface area contributed by atoms with Crippen molar-refractivity contribution in [1.82, 2.24) is 10.2 Å². The third-order valence-corrected chi connectivity index (χ3v) is 1.24. The summed E-state index contributed by atoms with van der Waals surface area (Å²) in [5.74, 6) is -1.26. The fourth-order valence-corrected chi connectivity index (χ4v) is 0.694. The highest BCUT2D eigenvalue weighted by Crippen LogP contribution is 2.01. The lowest BCUT2D eigenvalue weighted by Crippen LogP contribution is -2.00. The molecule has 1 aromatic heterocycles. The third-order valence-electron chi connectivity index (χ3n) is 1.24. The van der Waals surface area contributed by atoms with Crippen molar-refractivity contribution in [2.45, 2.75) is 12.8 Å². The Kier molecular flexibility index (Phi) is 2.76. The van der Waals surface area contributed by atoms with Gasteiger partial charge in [-0.2, -0.15) is 0 Å². The molecule has 0 aliphatic carbocycles. The van der Waals surface area contributed by atoms with Crippen LogP contribution in [0.1, 0.15) is 23.0 Å². The van der Waals surface area contributed by atoms with Crippen LogP contribution >= 0.6 is 0 Å². The van der Waals surface area contributed by atoms with E-state index >= 15 is 0 Å². The maximum Gasteiger partial charge on any atom is 0.393 e. The summed E-state index contributed by atoms with van der Waals surface area (Å²) in [7, 11) is 0. The zero-order valence-electron chi connectivity index (χ0n) is 6.36. The number of aryl methyl sites for hydroxylation is 1. The summed E-state index contributed by atoms with van der Waals surface area (Å²) in [6.45, 7) is 0.519. The number of carboxylic acid groups (broad SMARTS) is 1. The van der Waals surface area contributed by atoms with Crippen LogP contribution in [0.25, 0.3) is 0 Å². The van der Waals surface area contributed by atoms with Crippen molar-refractivity contribution in [2.75, 3.05) is 6.54 Å². The van der Waals surface area contributed by atoms with Gasteiger partial charge in [0.1, 0.15) is 0 Å². The van der Waals surface area contributed by atoms with Gasteiger partial charge in [0.15, 0.2) is 0 Å². The zero-order valence-corrected chi connectivity index (χ0v) is 6.36. The van der Waals surface area contributed by atoms with E-state index in [4.69, 9.17) is 15.3 Å². The monoisotopic (exact) mass is 171 g/mol. The van der Waals surface area contributed by atoms with Crippen molar-refractivity contribution in [1.29, 1.82) is 0 Å². The van der Waals surface area contributed by atoms with Gasteiger partial charge in [-0.15, -0.1) is 10.2 Å². The van der Waals surface area contributed by atoms with E-state index in [9.17, 15) is 4.79 Å². The second-order valence-corrected chi connectivity index (χ2v) is 2.20. The summed E-state index contributed by atoms with van der Waals surface area (Å²) in [6.07, 6.45) is 1.23. The second-order valence-electron chi connectivity index (χ2n) is 2.20. The molecule has 0 bridgehead atoms. The standard InChI is InChI=1S/C6H9N3O3/c7-3-1-2-4-8-9-5(12-4)6(10)11/h1-3,7H2,(H,10,11). The Labute approximate surface area is 68.4 Å². The molecular weight excluding hydrogens is 162 g/mol. The number of nitrogens with two attached hydrogens (primary N) is 1. The van der Waals surface area contributed by atoms with Crippen LogP contribution in [-0.4, -0.2) is 27.8 Å². The van der Waals surface area contributed by atoms with Gasteiger partial charge < -0.3 is 15.3 Å². The highest BCUT2D eigenvalue weighted by atomic mass is 16.4. The van der Waals surface area contributed by atoms with Crippen molar-refractivity contribution in [3.63, 3.8) is 0 Å². The highest BCUT2D eigenvalue weighted by molar-refractivity contribution is 5.81. The van der Waals surface area contributed by atoms with Crippen molar-refractivity contribution in [3.05, 3.63) is 11.8 Å². The van der Waals surface area contributed by atoms with Crippen molar-refractivity contribution in [2.24, 2.45) is 5.73 Å². The molecule has 1 heterocycles. The number of aromatic nitrogens is 2. The van der Waals surface area contributed by atoms with Gasteiger partial charge >= 0.3 is 11.9 Å². The zero-order chi connectivity index (χ0) is 8.97. The minimum Gasteiger partial charge on any atom is -0.474 e. The van der Waals surface area contributed by atoms with E-state index in [1.54, 1.807) is 0 Å². The van der Waals surface area contributed by atoms with Gasteiger partial charge in [-0.25, -0.2) is 4.79 Å². The Balaban J connectivity index is 2.58. The number of carbonyl (C=O) groups is 1. The van der Waals surface area contributed by atoms with Gasteiger partial charge in [-0.3, -0.25) is 0 Å². The predicted octanol–water partition coefficient (Wildman–Crippen LogP) is -0.341. The Morgan fingerprint density at radius 2 is 2.33 bits per heavy atom. The van der Waals surface area contributed by atoms with Gasteiger partial charge in [0.05, 0.1) is 0 Å². The Morgan fingerprint density at radius 1 is 1.58 bits per heavy atom. The molecule has 1 rings (SSSR count). The SMILES string of the molecule is NCCCc1nnc(C(=O)O)o1. The molecule has 6 heteroatoms. The molecule has 0 aliphatic rings. The van der Waals surface area contributed by atoms with Gasteiger partial charge in [-0.1, -0.05) is 0 Å². The lowest BCUT2D eigenvalue weighted by molar-refractivity contribution is 0.0651. The van der Waals surface area contributed by atoms with E-state index in [-0.39, 0.29) is 5.89 Å². The Hall–Kier alpha value is -1.43. The number of rotatable bonds is 4. The number of hydrogen-bond donors (Lipinski definition) is 2. The van der Waals surface area contributed by atoms with E-state index in [0.29, 0.717) is 25.3 Å². The average Bonchev–Trinajstić information content (AvgIpc) is 2.48. The summed E-state index contributed by atoms with van der Waals surface area (Å²) >= 11 is 0. The van der Waals surface area contributed by atoms with E-state index in [1.807, 2.05) is 0 Å². The van der Waals surface area contributed by atoms with Crippen LogP contribution in [0.15, 0.2) is 4.42 Å². The number of aromatic carboxylic acids is 1.